The predicted octanol–water partition coefficient (Wildman–Crippen LogP) is 32.3. The molecule has 0 aliphatic heterocycles. The van der Waals surface area contributed by atoms with Crippen LogP contribution in [0.15, 0.2) is 0 Å². The molecule has 0 aromatic carbocycles. The van der Waals surface area contributed by atoms with E-state index in [0.29, 0.717) is 145 Å². The molecule has 22 heteroatoms. The number of rotatable bonds is 82. The van der Waals surface area contributed by atoms with Crippen molar-refractivity contribution in [1.29, 1.82) is 0 Å². The lowest BCUT2D eigenvalue weighted by molar-refractivity contribution is -0.147. The molecule has 0 unspecified atom stereocenters. The van der Waals surface area contributed by atoms with E-state index in [2.05, 4.69) is 138 Å². The number of carbonyl (C=O) groups is 10. The van der Waals surface area contributed by atoms with Crippen LogP contribution >= 0.6 is 0 Å². The molecular formula is C125H258O22. The van der Waals surface area contributed by atoms with Gasteiger partial charge in [-0.25, -0.2) is 0 Å². The lowest BCUT2D eigenvalue weighted by Crippen LogP contribution is -2.17. The molecule has 0 saturated heterocycles. The molecule has 0 rings (SSSR count). The fourth-order valence-electron chi connectivity index (χ4n) is 10.7. The van der Waals surface area contributed by atoms with Crippen molar-refractivity contribution < 1.29 is 105 Å². The Morgan fingerprint density at radius 2 is 0.299 bits per heavy atom. The van der Waals surface area contributed by atoms with Gasteiger partial charge in [-0.3, -0.25) is 47.9 Å². The number of carbonyl (C=O) groups excluding carboxylic acids is 10. The van der Waals surface area contributed by atoms with E-state index in [1.54, 1.807) is 0 Å². The maximum atomic E-state index is 11.3. The summed E-state index contributed by atoms with van der Waals surface area (Å²) in [6.45, 7) is 95.7. The van der Waals surface area contributed by atoms with Gasteiger partial charge in [0, 0.05) is 145 Å². The van der Waals surface area contributed by atoms with Gasteiger partial charge in [0.05, 0.1) is 58.8 Å². The van der Waals surface area contributed by atoms with Crippen LogP contribution in [0.2, 0.25) is 0 Å². The van der Waals surface area contributed by atoms with Gasteiger partial charge in [0.1, 0.15) is 56.2 Å². The van der Waals surface area contributed by atoms with E-state index in [0.717, 1.165) is 159 Å². The van der Waals surface area contributed by atoms with Crippen molar-refractivity contribution in [2.24, 2.45) is 118 Å². The SMILES string of the molecule is C.C.C.C.CC(C)CCCCC(=O)C(C)C.CC(C)CCCCCOC(=O)C(C)C.CC(C)CCCCCOCC(=O)C(C)C.CC(C)CCCCCOCCC(=O)C(C)C.CC(C)CCCCOCC(=O)C(C)C.CC(C)CCOCC(=O)C(C)C.CC(C)CCOCCC(=O)C(C)C.CC(C)CCOCCCOCC(=O)C(C)C.CC(C)CCOCCOCC(=O)C(C)C.CC(C)CCOCCOCCC(=O)C(C)C. The van der Waals surface area contributed by atoms with Crippen LogP contribution in [0.4, 0.5) is 0 Å². The molecule has 0 amide bonds. The first kappa shape index (κ1) is 173. The van der Waals surface area contributed by atoms with E-state index in [-0.39, 0.29) is 149 Å². The normalized spacial score (nSPS) is 11.0. The zero-order valence-corrected chi connectivity index (χ0v) is 102. The van der Waals surface area contributed by atoms with Crippen molar-refractivity contribution in [3.8, 4) is 0 Å². The minimum atomic E-state index is -0.0751. The summed E-state index contributed by atoms with van der Waals surface area (Å²) in [5, 5.41) is 0. The first-order valence-electron chi connectivity index (χ1n) is 57.1. The van der Waals surface area contributed by atoms with E-state index in [9.17, 15) is 47.9 Å². The van der Waals surface area contributed by atoms with Gasteiger partial charge in [-0.1, -0.05) is 390 Å². The van der Waals surface area contributed by atoms with Gasteiger partial charge in [-0.15, -0.1) is 0 Å². The quantitative estimate of drug-likeness (QED) is 0.0404. The first-order valence-corrected chi connectivity index (χ1v) is 57.1. The van der Waals surface area contributed by atoms with E-state index < -0.39 is 0 Å². The molecule has 0 aliphatic rings. The van der Waals surface area contributed by atoms with Crippen LogP contribution < -0.4 is 0 Å². The number of esters is 1. The zero-order chi connectivity index (χ0) is 112. The number of ketones is 9. The summed E-state index contributed by atoms with van der Waals surface area (Å²) >= 11 is 0. The molecule has 0 aliphatic carbocycles. The van der Waals surface area contributed by atoms with Crippen molar-refractivity contribution in [2.75, 3.05) is 152 Å². The summed E-state index contributed by atoms with van der Waals surface area (Å²) < 4.78 is 63.6. The second-order valence-electron chi connectivity index (χ2n) is 45.6. The van der Waals surface area contributed by atoms with Gasteiger partial charge in [0.25, 0.3) is 0 Å². The molecule has 0 heterocycles. The van der Waals surface area contributed by atoms with E-state index in [4.69, 9.17) is 56.8 Å². The molecule has 890 valence electrons. The Morgan fingerprint density at radius 1 is 0.136 bits per heavy atom. The van der Waals surface area contributed by atoms with E-state index in [1.165, 1.54) is 83.5 Å². The van der Waals surface area contributed by atoms with Crippen LogP contribution in [0, 0.1) is 118 Å². The zero-order valence-electron chi connectivity index (χ0n) is 102. The lowest BCUT2D eigenvalue weighted by atomic mass is 10.0. The van der Waals surface area contributed by atoms with Crippen molar-refractivity contribution >= 4 is 58.0 Å². The molecule has 147 heavy (non-hydrogen) atoms. The monoisotopic (exact) mass is 2110 g/mol. The summed E-state index contributed by atoms with van der Waals surface area (Å²) in [4.78, 5) is 112. The summed E-state index contributed by atoms with van der Waals surface area (Å²) in [6.07, 6.45) is 30.3. The third-order valence-corrected chi connectivity index (χ3v) is 22.1. The lowest BCUT2D eigenvalue weighted by Gasteiger charge is -2.07. The van der Waals surface area contributed by atoms with Crippen LogP contribution in [0.25, 0.3) is 0 Å². The fraction of sp³-hybridized carbons (Fsp3) is 0.920. The van der Waals surface area contributed by atoms with Gasteiger partial charge in [0.2, 0.25) is 0 Å². The molecule has 0 aromatic heterocycles. The van der Waals surface area contributed by atoms with Crippen molar-refractivity contribution in [3.63, 3.8) is 0 Å². The molecule has 0 radical (unpaired) electrons. The van der Waals surface area contributed by atoms with Gasteiger partial charge in [-0.2, -0.15) is 0 Å². The fourth-order valence-corrected chi connectivity index (χ4v) is 10.7. The number of hydrogen-bond donors (Lipinski definition) is 0. The maximum Gasteiger partial charge on any atom is 0.308 e. The molecule has 0 bridgehead atoms. The largest absolute Gasteiger partial charge is 0.465 e. The highest BCUT2D eigenvalue weighted by Gasteiger charge is 2.16. The highest BCUT2D eigenvalue weighted by Crippen LogP contribution is 2.16. The Hall–Kier alpha value is -3.94. The highest BCUT2D eigenvalue weighted by atomic mass is 16.5. The van der Waals surface area contributed by atoms with Crippen LogP contribution in [0.1, 0.15) is 486 Å². The van der Waals surface area contributed by atoms with Crippen molar-refractivity contribution in [1.82, 2.24) is 0 Å². The maximum absolute atomic E-state index is 11.3. The van der Waals surface area contributed by atoms with Crippen LogP contribution in [0.3, 0.4) is 0 Å². The summed E-state index contributed by atoms with van der Waals surface area (Å²) in [5.41, 5.74) is 0. The molecule has 22 nitrogen and oxygen atoms in total. The Labute approximate surface area is 914 Å². The Kier molecular flexibility index (Phi) is 150. The number of unbranched alkanes of at least 4 members (excludes halogenated alkanes) is 8. The minimum Gasteiger partial charge on any atom is -0.465 e. The molecule has 0 N–H and O–H groups in total. The third-order valence-electron chi connectivity index (χ3n) is 22.1. The number of ether oxygens (including phenoxy) is 12. The Bertz CT molecular complexity index is 2560. The second kappa shape index (κ2) is 127. The van der Waals surface area contributed by atoms with Crippen molar-refractivity contribution in [2.45, 2.75) is 486 Å². The van der Waals surface area contributed by atoms with Crippen molar-refractivity contribution in [3.05, 3.63) is 0 Å². The average molecular weight is 2110 g/mol. The van der Waals surface area contributed by atoms with E-state index >= 15 is 0 Å². The smallest absolute Gasteiger partial charge is 0.308 e. The number of hydrogen-bond acceptors (Lipinski definition) is 22. The molecular weight excluding hydrogens is 1850 g/mol. The highest BCUT2D eigenvalue weighted by molar-refractivity contribution is 5.84. The third kappa shape index (κ3) is 167. The van der Waals surface area contributed by atoms with Crippen LogP contribution in [-0.4, -0.2) is 210 Å². The van der Waals surface area contributed by atoms with E-state index in [1.807, 2.05) is 138 Å². The Balaban J connectivity index is -0.000000111. The van der Waals surface area contributed by atoms with Gasteiger partial charge in [0.15, 0.2) is 28.9 Å². The molecule has 0 spiro atoms. The van der Waals surface area contributed by atoms with Crippen LogP contribution in [0.5, 0.6) is 0 Å². The van der Waals surface area contributed by atoms with Gasteiger partial charge >= 0.3 is 5.97 Å². The molecule has 0 aromatic rings. The second-order valence-corrected chi connectivity index (χ2v) is 45.6. The average Bonchev–Trinajstić information content (AvgIpc) is 0.995. The van der Waals surface area contributed by atoms with Gasteiger partial charge in [-0.05, 0) is 130 Å². The Morgan fingerprint density at radius 3 is 0.551 bits per heavy atom. The topological polar surface area (TPSA) is 281 Å². The number of Topliss-reactive ketones (excluding diaryl/α,β-unsaturated/α-hetero) is 9. The standard InChI is InChI=1S/C14H28O2.2C13H26O3.C13H26O2.C12H24O3.2C12H24O2.C11H22O2.C11H22O.C10H20O2.4CH4/c1-12(2)8-6-5-7-10-16-11-9-14(15)13(3)4;1-11(2)5-7-15-9-10-16-8-6-13(14)12(3)4;1-11(2)6-9-15-7-5-8-16-10-13(14)12(3)4;1-11(2)8-6-5-7-9-15-10-13(14)12(3)4;1-10(2)5-6-14-7-8-15-9-12(13)11(3)4;1-10(2)7-5-6-8-14-9-12(13)11(3)4;1-10(2)8-6-5-7-9-14-12(13)11(3)4;1-9(2)5-7-13-8-6-11(12)10(3)4;1-9(2)7-5-6-8-11(12)10(3)4;1-8(2)5-6-12-7-10(11)9(3)4;;;;/h12-13H,5-11H2,1-4H3;2*11-12H,5-10H2,1-4H3;11-12H,5-10H2,1-4H3;10-11H,5-9H2,1-4H3;2*10-11H,5-9H2,1-4H3;9-10H,5-8H2,1-4H3;9-10H,5-8H2,1-4H3;8-9H,5-7H2,1-4H3;4*1H4. The van der Waals surface area contributed by atoms with Crippen LogP contribution in [-0.2, 0) is 105 Å². The molecule has 0 atom stereocenters. The first-order chi connectivity index (χ1) is 66.9. The molecule has 0 fully saturated rings. The minimum absolute atomic E-state index is 0. The van der Waals surface area contributed by atoms with Gasteiger partial charge < -0.3 is 56.8 Å². The molecule has 0 saturated carbocycles. The summed E-state index contributed by atoms with van der Waals surface area (Å²) in [7, 11) is 0. The summed E-state index contributed by atoms with van der Waals surface area (Å²) in [5.74, 6) is 10.5. The predicted molar refractivity (Wildman–Crippen MR) is 628 cm³/mol. The summed E-state index contributed by atoms with van der Waals surface area (Å²) in [6, 6.07) is 0.